The molecule has 13 heteroatoms. The van der Waals surface area contributed by atoms with Crippen molar-refractivity contribution in [2.45, 2.75) is 38.2 Å². The van der Waals surface area contributed by atoms with E-state index in [9.17, 15) is 13.2 Å². The van der Waals surface area contributed by atoms with Crippen LogP contribution in [0.5, 0.6) is 0 Å². The van der Waals surface area contributed by atoms with Gasteiger partial charge in [-0.25, -0.2) is 8.42 Å². The summed E-state index contributed by atoms with van der Waals surface area (Å²) in [4.78, 5) is 14.8. The highest BCUT2D eigenvalue weighted by Gasteiger charge is 2.30. The van der Waals surface area contributed by atoms with Gasteiger partial charge in [0, 0.05) is 34.2 Å². The topological polar surface area (TPSA) is 110 Å². The summed E-state index contributed by atoms with van der Waals surface area (Å²) in [7, 11) is -0.266. The number of benzene rings is 2. The predicted molar refractivity (Wildman–Crippen MR) is 167 cm³/mol. The molecule has 0 unspecified atom stereocenters. The zero-order chi connectivity index (χ0) is 30.8. The molecule has 0 saturated carbocycles. The van der Waals surface area contributed by atoms with Crippen molar-refractivity contribution in [1.29, 1.82) is 0 Å². The second-order valence-corrected chi connectivity index (χ2v) is 13.8. The van der Waals surface area contributed by atoms with Crippen molar-refractivity contribution >= 4 is 61.6 Å². The number of ether oxygens (including phenoxy) is 1. The van der Waals surface area contributed by atoms with Gasteiger partial charge in [0.15, 0.2) is 5.82 Å². The van der Waals surface area contributed by atoms with Gasteiger partial charge in [-0.2, -0.15) is 0 Å². The number of halogens is 2. The van der Waals surface area contributed by atoms with Crippen LogP contribution in [-0.2, 0) is 19.6 Å². The van der Waals surface area contributed by atoms with Crippen molar-refractivity contribution in [2.75, 3.05) is 43.4 Å². The van der Waals surface area contributed by atoms with E-state index in [1.807, 2.05) is 43.8 Å². The first kappa shape index (κ1) is 31.6. The summed E-state index contributed by atoms with van der Waals surface area (Å²) in [6.45, 7) is 8.11. The number of esters is 1. The van der Waals surface area contributed by atoms with Crippen LogP contribution < -0.4 is 9.62 Å². The molecule has 224 valence electrons. The Hall–Kier alpha value is -3.38. The highest BCUT2D eigenvalue weighted by molar-refractivity contribution is 7.92. The lowest BCUT2D eigenvalue weighted by Crippen LogP contribution is -2.39. The van der Waals surface area contributed by atoms with Crippen LogP contribution >= 0.6 is 23.2 Å². The second-order valence-electron chi connectivity index (χ2n) is 11.1. The molecular formula is C29H34Cl2N6O4S. The minimum atomic E-state index is -4.27. The molecule has 2 aromatic carbocycles. The van der Waals surface area contributed by atoms with Gasteiger partial charge in [-0.15, -0.1) is 10.2 Å². The number of hydrogen-bond donors (Lipinski definition) is 1. The summed E-state index contributed by atoms with van der Waals surface area (Å²) in [6.07, 6.45) is 0. The SMILES string of the molecule is Cc1cc2cc(N(CC(=O)OC(C)(C)C)S(=O)(=O)c3cc(Cl)cc(Cl)c3)ccc2n1-c1ccc(NCCN(C)C)nn1. The van der Waals surface area contributed by atoms with Gasteiger partial charge in [0.2, 0.25) is 0 Å². The number of carbonyl (C=O) groups is 1. The number of sulfonamides is 1. The lowest BCUT2D eigenvalue weighted by atomic mass is 10.2. The van der Waals surface area contributed by atoms with Crippen molar-refractivity contribution in [3.05, 3.63) is 70.3 Å². The summed E-state index contributed by atoms with van der Waals surface area (Å²) in [5, 5.41) is 13.0. The smallest absolute Gasteiger partial charge is 0.327 e. The monoisotopic (exact) mass is 632 g/mol. The molecule has 42 heavy (non-hydrogen) atoms. The van der Waals surface area contributed by atoms with Crippen LogP contribution in [0, 0.1) is 6.92 Å². The molecule has 0 aliphatic rings. The summed E-state index contributed by atoms with van der Waals surface area (Å²) in [5.74, 6) is 0.573. The molecule has 0 aliphatic heterocycles. The van der Waals surface area contributed by atoms with Crippen LogP contribution in [-0.4, -0.2) is 73.4 Å². The van der Waals surface area contributed by atoms with Crippen LogP contribution in [0.4, 0.5) is 11.5 Å². The Bertz CT molecular complexity index is 1680. The van der Waals surface area contributed by atoms with Crippen LogP contribution in [0.3, 0.4) is 0 Å². The van der Waals surface area contributed by atoms with Crippen molar-refractivity contribution in [2.24, 2.45) is 0 Å². The molecule has 4 aromatic rings. The number of rotatable bonds is 10. The zero-order valence-electron chi connectivity index (χ0n) is 24.4. The number of aryl methyl sites for hydroxylation is 1. The lowest BCUT2D eigenvalue weighted by molar-refractivity contribution is -0.152. The molecule has 0 aliphatic carbocycles. The van der Waals surface area contributed by atoms with Gasteiger partial charge in [0.1, 0.15) is 18.0 Å². The molecule has 0 radical (unpaired) electrons. The molecule has 2 heterocycles. The van der Waals surface area contributed by atoms with Gasteiger partial charge < -0.3 is 15.0 Å². The van der Waals surface area contributed by atoms with E-state index in [1.54, 1.807) is 39.0 Å². The van der Waals surface area contributed by atoms with Crippen LogP contribution in [0.1, 0.15) is 26.5 Å². The standard InChI is InChI=1S/C29H34Cl2N6O4S/c1-19-13-20-14-23(7-8-25(20)37(19)27-10-9-26(33-34-27)32-11-12-35(5)6)36(18-28(38)41-29(2,3)4)42(39,40)24-16-21(30)15-22(31)17-24/h7-10,13-17H,11-12,18H2,1-6H3,(H,32,33). The molecule has 0 fully saturated rings. The fourth-order valence-electron chi connectivity index (χ4n) is 4.36. The molecule has 0 spiro atoms. The molecule has 10 nitrogen and oxygen atoms in total. The highest BCUT2D eigenvalue weighted by Crippen LogP contribution is 2.32. The van der Waals surface area contributed by atoms with Gasteiger partial charge in [0.25, 0.3) is 10.0 Å². The van der Waals surface area contributed by atoms with Gasteiger partial charge >= 0.3 is 5.97 Å². The molecule has 4 rings (SSSR count). The van der Waals surface area contributed by atoms with E-state index < -0.39 is 28.1 Å². The normalized spacial score (nSPS) is 12.1. The van der Waals surface area contributed by atoms with Crippen molar-refractivity contribution in [1.82, 2.24) is 19.7 Å². The van der Waals surface area contributed by atoms with Gasteiger partial charge in [-0.3, -0.25) is 13.7 Å². The molecule has 2 aromatic heterocycles. The lowest BCUT2D eigenvalue weighted by Gasteiger charge is -2.26. The molecule has 0 amide bonds. The first-order valence-electron chi connectivity index (χ1n) is 13.2. The van der Waals surface area contributed by atoms with E-state index >= 15 is 0 Å². The van der Waals surface area contributed by atoms with E-state index in [-0.39, 0.29) is 20.6 Å². The van der Waals surface area contributed by atoms with E-state index in [0.29, 0.717) is 11.6 Å². The summed E-state index contributed by atoms with van der Waals surface area (Å²) >= 11 is 12.2. The number of fused-ring (bicyclic) bond motifs is 1. The average molecular weight is 634 g/mol. The van der Waals surface area contributed by atoms with E-state index in [4.69, 9.17) is 27.9 Å². The van der Waals surface area contributed by atoms with Gasteiger partial charge in [-0.05, 0) is 96.4 Å². The number of nitrogens with one attached hydrogen (secondary N) is 1. The zero-order valence-corrected chi connectivity index (χ0v) is 26.7. The number of aromatic nitrogens is 3. The fourth-order valence-corrected chi connectivity index (χ4v) is 6.49. The van der Waals surface area contributed by atoms with E-state index in [2.05, 4.69) is 20.4 Å². The number of likely N-dealkylation sites (N-methyl/N-ethyl adjacent to an activating group) is 1. The minimum Gasteiger partial charge on any atom is -0.459 e. The summed E-state index contributed by atoms with van der Waals surface area (Å²) < 4.78 is 36.2. The maximum Gasteiger partial charge on any atom is 0.327 e. The molecule has 0 atom stereocenters. The van der Waals surface area contributed by atoms with E-state index in [1.165, 1.54) is 18.2 Å². The third-order valence-corrected chi connectivity index (χ3v) is 8.31. The maximum atomic E-state index is 13.9. The number of nitrogens with zero attached hydrogens (tertiary/aromatic N) is 5. The van der Waals surface area contributed by atoms with Gasteiger partial charge in [-0.1, -0.05) is 23.2 Å². The Morgan fingerprint density at radius 2 is 1.69 bits per heavy atom. The van der Waals surface area contributed by atoms with Crippen LogP contribution in [0.15, 0.2) is 59.5 Å². The minimum absolute atomic E-state index is 0.146. The number of hydrogen-bond acceptors (Lipinski definition) is 8. The number of carbonyl (C=O) groups excluding carboxylic acids is 1. The Morgan fingerprint density at radius 3 is 2.29 bits per heavy atom. The Labute approximate surface area is 256 Å². The highest BCUT2D eigenvalue weighted by atomic mass is 35.5. The first-order valence-corrected chi connectivity index (χ1v) is 15.4. The Morgan fingerprint density at radius 1 is 1.00 bits per heavy atom. The van der Waals surface area contributed by atoms with Crippen LogP contribution in [0.2, 0.25) is 10.0 Å². The largest absolute Gasteiger partial charge is 0.459 e. The molecule has 0 bridgehead atoms. The van der Waals surface area contributed by atoms with Crippen molar-refractivity contribution in [3.8, 4) is 5.82 Å². The predicted octanol–water partition coefficient (Wildman–Crippen LogP) is 5.55. The average Bonchev–Trinajstić information content (AvgIpc) is 3.20. The quantitative estimate of drug-likeness (QED) is 0.227. The second kappa shape index (κ2) is 12.5. The fraction of sp³-hybridized carbons (Fsp3) is 0.345. The van der Waals surface area contributed by atoms with Gasteiger partial charge in [0.05, 0.1) is 16.1 Å². The Balaban J connectivity index is 1.73. The maximum absolute atomic E-state index is 13.9. The van der Waals surface area contributed by atoms with E-state index in [0.717, 1.165) is 34.0 Å². The summed E-state index contributed by atoms with van der Waals surface area (Å²) in [6, 6.07) is 14.8. The third-order valence-electron chi connectivity index (χ3n) is 6.12. The van der Waals surface area contributed by atoms with Crippen molar-refractivity contribution < 1.29 is 17.9 Å². The first-order chi connectivity index (χ1) is 19.6. The molecular weight excluding hydrogens is 599 g/mol. The third kappa shape index (κ3) is 7.52. The van der Waals surface area contributed by atoms with Crippen LogP contribution in [0.25, 0.3) is 16.7 Å². The van der Waals surface area contributed by atoms with Crippen molar-refractivity contribution in [3.63, 3.8) is 0 Å². The summed E-state index contributed by atoms with van der Waals surface area (Å²) in [5.41, 5.74) is 1.13. The molecule has 0 saturated heterocycles. The Kier molecular flexibility index (Phi) is 9.36. The molecule has 1 N–H and O–H groups in total. The number of anilines is 2.